The highest BCUT2D eigenvalue weighted by Gasteiger charge is 2.09. The third kappa shape index (κ3) is 3.36. The Morgan fingerprint density at radius 2 is 1.90 bits per heavy atom. The predicted octanol–water partition coefficient (Wildman–Crippen LogP) is 4.76. The van der Waals surface area contributed by atoms with Crippen molar-refractivity contribution >= 4 is 28.7 Å². The topological polar surface area (TPSA) is 47.3 Å². The zero-order chi connectivity index (χ0) is 14.7. The molecule has 0 aromatic heterocycles. The van der Waals surface area contributed by atoms with Gasteiger partial charge in [0, 0.05) is 0 Å². The molecule has 0 bridgehead atoms. The zero-order valence-electron chi connectivity index (χ0n) is 11.9. The van der Waals surface area contributed by atoms with Gasteiger partial charge in [-0.2, -0.15) is 0 Å². The van der Waals surface area contributed by atoms with E-state index in [1.807, 2.05) is 57.2 Å². The van der Waals surface area contributed by atoms with Gasteiger partial charge in [-0.3, -0.25) is 0 Å². The Morgan fingerprint density at radius 3 is 2.55 bits per heavy atom. The smallest absolute Gasteiger partial charge is 0.144 e. The molecular weight excluding hydrogens is 272 g/mol. The molecule has 0 spiro atoms. The average molecular weight is 291 g/mol. The number of ether oxygens (including phenoxy) is 1. The fourth-order valence-corrected chi connectivity index (χ4v) is 2.16. The summed E-state index contributed by atoms with van der Waals surface area (Å²) >= 11 is 6.22. The molecule has 2 rings (SSSR count). The van der Waals surface area contributed by atoms with Gasteiger partial charge in [0.15, 0.2) is 0 Å². The van der Waals surface area contributed by atoms with Crippen molar-refractivity contribution in [2.75, 3.05) is 11.1 Å². The maximum Gasteiger partial charge on any atom is 0.144 e. The Balaban J connectivity index is 2.29. The van der Waals surface area contributed by atoms with Crippen LogP contribution in [0, 0.1) is 6.92 Å². The highest BCUT2D eigenvalue weighted by molar-refractivity contribution is 6.33. The van der Waals surface area contributed by atoms with Gasteiger partial charge in [0.2, 0.25) is 0 Å². The second kappa shape index (κ2) is 6.06. The van der Waals surface area contributed by atoms with Crippen molar-refractivity contribution in [3.05, 3.63) is 47.0 Å². The van der Waals surface area contributed by atoms with Crippen LogP contribution in [-0.4, -0.2) is 6.10 Å². The number of rotatable bonds is 4. The summed E-state index contributed by atoms with van der Waals surface area (Å²) in [5.41, 5.74) is 9.44. The summed E-state index contributed by atoms with van der Waals surface area (Å²) < 4.78 is 5.67. The minimum absolute atomic E-state index is 0.0792. The molecule has 3 nitrogen and oxygen atoms in total. The van der Waals surface area contributed by atoms with E-state index in [1.54, 1.807) is 0 Å². The van der Waals surface area contributed by atoms with Crippen molar-refractivity contribution in [3.63, 3.8) is 0 Å². The normalized spacial score (nSPS) is 10.7. The summed E-state index contributed by atoms with van der Waals surface area (Å²) in [6.45, 7) is 5.94. The molecule has 4 heteroatoms. The Kier molecular flexibility index (Phi) is 4.40. The second-order valence-corrected chi connectivity index (χ2v) is 5.40. The van der Waals surface area contributed by atoms with Crippen LogP contribution in [0.15, 0.2) is 36.4 Å². The average Bonchev–Trinajstić information content (AvgIpc) is 2.36. The zero-order valence-corrected chi connectivity index (χ0v) is 12.7. The Bertz CT molecular complexity index is 611. The van der Waals surface area contributed by atoms with Gasteiger partial charge in [0.1, 0.15) is 5.75 Å². The first-order chi connectivity index (χ1) is 9.47. The summed E-state index contributed by atoms with van der Waals surface area (Å²) in [5, 5.41) is 3.91. The van der Waals surface area contributed by atoms with Crippen LogP contribution in [0.5, 0.6) is 5.75 Å². The first-order valence-electron chi connectivity index (χ1n) is 6.55. The van der Waals surface area contributed by atoms with E-state index in [0.717, 1.165) is 16.9 Å². The van der Waals surface area contributed by atoms with E-state index in [4.69, 9.17) is 22.1 Å². The molecule has 0 aliphatic heterocycles. The monoisotopic (exact) mass is 290 g/mol. The fourth-order valence-electron chi connectivity index (χ4n) is 1.88. The lowest BCUT2D eigenvalue weighted by Gasteiger charge is -2.16. The fraction of sp³-hybridized carbons (Fsp3) is 0.250. The van der Waals surface area contributed by atoms with E-state index >= 15 is 0 Å². The van der Waals surface area contributed by atoms with Crippen molar-refractivity contribution in [1.29, 1.82) is 0 Å². The number of nitrogens with two attached hydrogens (primary N) is 1. The highest BCUT2D eigenvalue weighted by Crippen LogP contribution is 2.34. The lowest BCUT2D eigenvalue weighted by molar-refractivity contribution is 0.244. The maximum absolute atomic E-state index is 6.22. The van der Waals surface area contributed by atoms with Crippen molar-refractivity contribution in [2.45, 2.75) is 26.9 Å². The second-order valence-electron chi connectivity index (χ2n) is 4.99. The highest BCUT2D eigenvalue weighted by atomic mass is 35.5. The minimum atomic E-state index is 0.0792. The van der Waals surface area contributed by atoms with E-state index < -0.39 is 0 Å². The van der Waals surface area contributed by atoms with Gasteiger partial charge in [-0.25, -0.2) is 0 Å². The number of halogens is 1. The van der Waals surface area contributed by atoms with Gasteiger partial charge < -0.3 is 15.8 Å². The van der Waals surface area contributed by atoms with Crippen LogP contribution >= 0.6 is 11.6 Å². The van der Waals surface area contributed by atoms with Gasteiger partial charge in [-0.15, -0.1) is 0 Å². The summed E-state index contributed by atoms with van der Waals surface area (Å²) in [5.74, 6) is 0.674. The van der Waals surface area contributed by atoms with Crippen molar-refractivity contribution in [1.82, 2.24) is 0 Å². The van der Waals surface area contributed by atoms with Crippen LogP contribution < -0.4 is 15.8 Å². The number of benzene rings is 2. The Morgan fingerprint density at radius 1 is 1.15 bits per heavy atom. The number of anilines is 3. The molecule has 0 atom stereocenters. The molecule has 3 N–H and O–H groups in total. The minimum Gasteiger partial charge on any atom is -0.489 e. The summed E-state index contributed by atoms with van der Waals surface area (Å²) in [6, 6.07) is 11.5. The van der Waals surface area contributed by atoms with Crippen molar-refractivity contribution in [2.24, 2.45) is 0 Å². The summed E-state index contributed by atoms with van der Waals surface area (Å²) in [7, 11) is 0. The molecule has 0 amide bonds. The lowest BCUT2D eigenvalue weighted by Crippen LogP contribution is -2.08. The molecule has 0 unspecified atom stereocenters. The van der Waals surface area contributed by atoms with Crippen molar-refractivity contribution in [3.8, 4) is 5.75 Å². The molecule has 0 heterocycles. The number of hydrogen-bond donors (Lipinski definition) is 2. The summed E-state index contributed by atoms with van der Waals surface area (Å²) in [6.07, 6.45) is 0.0792. The van der Waals surface area contributed by atoms with E-state index in [1.165, 1.54) is 0 Å². The molecule has 0 saturated heterocycles. The maximum atomic E-state index is 6.22. The SMILES string of the molecule is Cc1ccc(Nc2cccc(OC(C)C)c2N)c(Cl)c1. The number of nitrogen functional groups attached to an aromatic ring is 1. The number of hydrogen-bond acceptors (Lipinski definition) is 3. The van der Waals surface area contributed by atoms with E-state index in [9.17, 15) is 0 Å². The quantitative estimate of drug-likeness (QED) is 0.798. The molecule has 0 saturated carbocycles. The van der Waals surface area contributed by atoms with Crippen LogP contribution in [0.1, 0.15) is 19.4 Å². The molecule has 2 aromatic rings. The van der Waals surface area contributed by atoms with Crippen LogP contribution in [-0.2, 0) is 0 Å². The molecule has 0 aliphatic carbocycles. The molecule has 0 radical (unpaired) electrons. The molecule has 2 aromatic carbocycles. The Hall–Kier alpha value is -1.87. The Labute approximate surface area is 124 Å². The van der Waals surface area contributed by atoms with E-state index in [0.29, 0.717) is 16.5 Å². The molecule has 0 fully saturated rings. The third-order valence-corrected chi connectivity index (χ3v) is 3.14. The van der Waals surface area contributed by atoms with Gasteiger partial charge in [-0.05, 0) is 50.6 Å². The molecule has 0 aliphatic rings. The van der Waals surface area contributed by atoms with Crippen LogP contribution in [0.3, 0.4) is 0 Å². The number of para-hydroxylation sites is 1. The molecular formula is C16H19ClN2O. The summed E-state index contributed by atoms with van der Waals surface area (Å²) in [4.78, 5) is 0. The van der Waals surface area contributed by atoms with Crippen LogP contribution in [0.2, 0.25) is 5.02 Å². The number of aryl methyl sites for hydroxylation is 1. The van der Waals surface area contributed by atoms with Gasteiger partial charge in [0.25, 0.3) is 0 Å². The van der Waals surface area contributed by atoms with Crippen molar-refractivity contribution < 1.29 is 4.74 Å². The first-order valence-corrected chi connectivity index (χ1v) is 6.93. The number of nitrogens with one attached hydrogen (secondary N) is 1. The predicted molar refractivity (Wildman–Crippen MR) is 86.1 cm³/mol. The van der Waals surface area contributed by atoms with Gasteiger partial charge in [0.05, 0.1) is 28.2 Å². The van der Waals surface area contributed by atoms with Gasteiger partial charge in [-0.1, -0.05) is 23.7 Å². The largest absolute Gasteiger partial charge is 0.489 e. The van der Waals surface area contributed by atoms with Gasteiger partial charge >= 0.3 is 0 Å². The third-order valence-electron chi connectivity index (χ3n) is 2.82. The van der Waals surface area contributed by atoms with E-state index in [2.05, 4.69) is 5.32 Å². The van der Waals surface area contributed by atoms with Crippen LogP contribution in [0.4, 0.5) is 17.1 Å². The lowest BCUT2D eigenvalue weighted by atomic mass is 10.2. The van der Waals surface area contributed by atoms with Crippen LogP contribution in [0.25, 0.3) is 0 Å². The van der Waals surface area contributed by atoms with E-state index in [-0.39, 0.29) is 6.10 Å². The molecule has 20 heavy (non-hydrogen) atoms. The molecule has 106 valence electrons. The standard InChI is InChI=1S/C16H19ClN2O/c1-10(2)20-15-6-4-5-14(16(15)18)19-13-8-7-11(3)9-12(13)17/h4-10,19H,18H2,1-3H3. The first kappa shape index (κ1) is 14.5.